The van der Waals surface area contributed by atoms with Gasteiger partial charge in [-0.3, -0.25) is 9.78 Å². The first-order valence-corrected chi connectivity index (χ1v) is 7.76. The molecule has 0 aliphatic rings. The molecule has 2 heterocycles. The summed E-state index contributed by atoms with van der Waals surface area (Å²) < 4.78 is 5.24. The van der Waals surface area contributed by atoms with Gasteiger partial charge in [-0.1, -0.05) is 29.4 Å². The Labute approximate surface area is 139 Å². The number of carbonyl (C=O) groups is 1. The highest BCUT2D eigenvalue weighted by Gasteiger charge is 2.11. The van der Waals surface area contributed by atoms with Gasteiger partial charge in [-0.2, -0.15) is 4.98 Å². The van der Waals surface area contributed by atoms with Gasteiger partial charge in [0.15, 0.2) is 0 Å². The summed E-state index contributed by atoms with van der Waals surface area (Å²) in [6.45, 7) is 2.48. The largest absolute Gasteiger partial charge is 0.352 e. The number of hydrogen-bond donors (Lipinski definition) is 1. The van der Waals surface area contributed by atoms with E-state index in [1.807, 2.05) is 43.3 Å². The summed E-state index contributed by atoms with van der Waals surface area (Å²) in [6, 6.07) is 11.6. The van der Waals surface area contributed by atoms with Crippen molar-refractivity contribution in [1.82, 2.24) is 20.4 Å². The number of hydrogen-bond acceptors (Lipinski definition) is 5. The van der Waals surface area contributed by atoms with Crippen molar-refractivity contribution in [3.63, 3.8) is 0 Å². The Morgan fingerprint density at radius 3 is 2.75 bits per heavy atom. The summed E-state index contributed by atoms with van der Waals surface area (Å²) in [5, 5.41) is 6.85. The highest BCUT2D eigenvalue weighted by Crippen LogP contribution is 2.20. The van der Waals surface area contributed by atoms with E-state index in [-0.39, 0.29) is 5.91 Å². The third-order valence-corrected chi connectivity index (χ3v) is 3.66. The minimum Gasteiger partial charge on any atom is -0.352 e. The van der Waals surface area contributed by atoms with E-state index >= 15 is 0 Å². The van der Waals surface area contributed by atoms with Crippen molar-refractivity contribution < 1.29 is 9.32 Å². The molecule has 6 nitrogen and oxygen atoms in total. The van der Waals surface area contributed by atoms with Crippen LogP contribution in [-0.2, 0) is 17.8 Å². The van der Waals surface area contributed by atoms with E-state index in [1.54, 1.807) is 12.4 Å². The maximum atomic E-state index is 11.9. The summed E-state index contributed by atoms with van der Waals surface area (Å²) in [5.74, 6) is 0.968. The van der Waals surface area contributed by atoms with E-state index < -0.39 is 0 Å². The van der Waals surface area contributed by atoms with Crippen LogP contribution >= 0.6 is 0 Å². The molecule has 1 aromatic carbocycles. The third-order valence-electron chi connectivity index (χ3n) is 3.66. The average Bonchev–Trinajstić information content (AvgIpc) is 3.08. The van der Waals surface area contributed by atoms with E-state index in [0.717, 1.165) is 16.7 Å². The zero-order valence-corrected chi connectivity index (χ0v) is 13.4. The number of nitrogens with one attached hydrogen (secondary N) is 1. The lowest BCUT2D eigenvalue weighted by molar-refractivity contribution is -0.121. The molecule has 0 bridgehead atoms. The molecule has 0 aliphatic heterocycles. The smallest absolute Gasteiger partial charge is 0.227 e. The van der Waals surface area contributed by atoms with Gasteiger partial charge in [-0.15, -0.1) is 0 Å². The monoisotopic (exact) mass is 322 g/mol. The lowest BCUT2D eigenvalue weighted by atomic mass is 10.1. The lowest BCUT2D eigenvalue weighted by Gasteiger charge is -2.03. The van der Waals surface area contributed by atoms with Gasteiger partial charge in [0.25, 0.3) is 0 Å². The molecule has 3 rings (SSSR count). The van der Waals surface area contributed by atoms with Crippen LogP contribution in [0.1, 0.15) is 23.4 Å². The Kier molecular flexibility index (Phi) is 4.96. The van der Waals surface area contributed by atoms with Gasteiger partial charge in [0.2, 0.25) is 17.6 Å². The van der Waals surface area contributed by atoms with Crippen LogP contribution in [0.15, 0.2) is 53.3 Å². The van der Waals surface area contributed by atoms with Crippen molar-refractivity contribution in [1.29, 1.82) is 0 Å². The second kappa shape index (κ2) is 7.50. The fourth-order valence-corrected chi connectivity index (χ4v) is 2.30. The molecule has 122 valence electrons. The Balaban J connectivity index is 1.52. The van der Waals surface area contributed by atoms with Crippen LogP contribution in [0, 0.1) is 6.92 Å². The van der Waals surface area contributed by atoms with Gasteiger partial charge in [0.1, 0.15) is 0 Å². The van der Waals surface area contributed by atoms with E-state index in [2.05, 4.69) is 20.4 Å². The first-order chi connectivity index (χ1) is 11.7. The second-order valence-corrected chi connectivity index (χ2v) is 5.46. The van der Waals surface area contributed by atoms with Crippen LogP contribution < -0.4 is 5.32 Å². The molecule has 0 saturated heterocycles. The average molecular weight is 322 g/mol. The van der Waals surface area contributed by atoms with Gasteiger partial charge in [-0.25, -0.2) is 0 Å². The topological polar surface area (TPSA) is 80.9 Å². The Bertz CT molecular complexity index is 815. The molecule has 1 amide bonds. The molecule has 24 heavy (non-hydrogen) atoms. The molecular weight excluding hydrogens is 304 g/mol. The Morgan fingerprint density at radius 1 is 1.17 bits per heavy atom. The van der Waals surface area contributed by atoms with Gasteiger partial charge in [-0.05, 0) is 30.2 Å². The van der Waals surface area contributed by atoms with Crippen molar-refractivity contribution in [2.75, 3.05) is 0 Å². The van der Waals surface area contributed by atoms with Crippen LogP contribution in [0.4, 0.5) is 0 Å². The van der Waals surface area contributed by atoms with Gasteiger partial charge in [0.05, 0.1) is 0 Å². The summed E-state index contributed by atoms with van der Waals surface area (Å²) >= 11 is 0. The molecular formula is C18H18N4O2. The molecule has 0 radical (unpaired) electrons. The highest BCUT2D eigenvalue weighted by molar-refractivity contribution is 5.76. The summed E-state index contributed by atoms with van der Waals surface area (Å²) in [6.07, 6.45) is 4.13. The van der Waals surface area contributed by atoms with E-state index in [9.17, 15) is 4.79 Å². The predicted molar refractivity (Wildman–Crippen MR) is 88.9 cm³/mol. The first-order valence-electron chi connectivity index (χ1n) is 7.76. The van der Waals surface area contributed by atoms with Crippen molar-refractivity contribution >= 4 is 5.91 Å². The first kappa shape index (κ1) is 15.9. The predicted octanol–water partition coefficient (Wildman–Crippen LogP) is 2.69. The SMILES string of the molecule is Cc1ccccc1-c1noc(CCC(=O)NCc2ccncc2)n1. The normalized spacial score (nSPS) is 10.5. The van der Waals surface area contributed by atoms with Crippen molar-refractivity contribution in [3.8, 4) is 11.4 Å². The van der Waals surface area contributed by atoms with E-state index in [1.165, 1.54) is 0 Å². The number of aromatic nitrogens is 3. The van der Waals surface area contributed by atoms with Crippen LogP contribution in [0.3, 0.4) is 0 Å². The summed E-state index contributed by atoms with van der Waals surface area (Å²) in [7, 11) is 0. The molecule has 2 aromatic heterocycles. The Hall–Kier alpha value is -3.02. The van der Waals surface area contributed by atoms with Crippen LogP contribution in [0.2, 0.25) is 0 Å². The number of amides is 1. The van der Waals surface area contributed by atoms with Crippen LogP contribution in [0.25, 0.3) is 11.4 Å². The zero-order chi connectivity index (χ0) is 16.8. The maximum Gasteiger partial charge on any atom is 0.227 e. The molecule has 0 spiro atoms. The van der Waals surface area contributed by atoms with Crippen molar-refractivity contribution in [2.45, 2.75) is 26.3 Å². The molecule has 0 atom stereocenters. The third kappa shape index (κ3) is 4.04. The molecule has 0 aliphatic carbocycles. The fraction of sp³-hybridized carbons (Fsp3) is 0.222. The minimum absolute atomic E-state index is 0.0533. The Morgan fingerprint density at radius 2 is 1.96 bits per heavy atom. The molecule has 0 unspecified atom stereocenters. The lowest BCUT2D eigenvalue weighted by Crippen LogP contribution is -2.23. The molecule has 6 heteroatoms. The van der Waals surface area contributed by atoms with Crippen LogP contribution in [-0.4, -0.2) is 21.0 Å². The quantitative estimate of drug-likeness (QED) is 0.754. The molecule has 1 N–H and O–H groups in total. The minimum atomic E-state index is -0.0533. The number of aryl methyl sites for hydroxylation is 2. The second-order valence-electron chi connectivity index (χ2n) is 5.46. The number of benzene rings is 1. The van der Waals surface area contributed by atoms with Gasteiger partial charge >= 0.3 is 0 Å². The number of carbonyl (C=O) groups excluding carboxylic acids is 1. The van der Waals surface area contributed by atoms with E-state index in [0.29, 0.717) is 31.1 Å². The van der Waals surface area contributed by atoms with Crippen LogP contribution in [0.5, 0.6) is 0 Å². The maximum absolute atomic E-state index is 11.9. The van der Waals surface area contributed by atoms with Crippen molar-refractivity contribution in [3.05, 3.63) is 65.8 Å². The molecule has 0 saturated carbocycles. The van der Waals surface area contributed by atoms with Gasteiger partial charge < -0.3 is 9.84 Å². The fourth-order valence-electron chi connectivity index (χ4n) is 2.30. The zero-order valence-electron chi connectivity index (χ0n) is 13.4. The molecule has 3 aromatic rings. The standard InChI is InChI=1S/C18H18N4O2/c1-13-4-2-3-5-15(13)18-21-17(24-22-18)7-6-16(23)20-12-14-8-10-19-11-9-14/h2-5,8-11H,6-7,12H2,1H3,(H,20,23). The number of pyridine rings is 1. The summed E-state index contributed by atoms with van der Waals surface area (Å²) in [4.78, 5) is 20.2. The number of nitrogens with zero attached hydrogens (tertiary/aromatic N) is 3. The van der Waals surface area contributed by atoms with Crippen molar-refractivity contribution in [2.24, 2.45) is 0 Å². The highest BCUT2D eigenvalue weighted by atomic mass is 16.5. The number of rotatable bonds is 6. The van der Waals surface area contributed by atoms with Gasteiger partial charge in [0, 0.05) is 37.3 Å². The molecule has 0 fully saturated rings. The summed E-state index contributed by atoms with van der Waals surface area (Å²) in [5.41, 5.74) is 3.03. The van der Waals surface area contributed by atoms with E-state index in [4.69, 9.17) is 4.52 Å².